The first-order chi connectivity index (χ1) is 4.22. The van der Waals surface area contributed by atoms with E-state index in [1.165, 1.54) is 6.20 Å². The Morgan fingerprint density at radius 3 is 2.78 bits per heavy atom. The van der Waals surface area contributed by atoms with Crippen molar-refractivity contribution >= 4 is 11.6 Å². The van der Waals surface area contributed by atoms with Crippen molar-refractivity contribution in [1.29, 1.82) is 0 Å². The van der Waals surface area contributed by atoms with Gasteiger partial charge in [-0.2, -0.15) is 4.73 Å². The summed E-state index contributed by atoms with van der Waals surface area (Å²) >= 11 is 5.59. The number of aromatic nitrogens is 1. The normalized spacial score (nSPS) is 9.56. The summed E-state index contributed by atoms with van der Waals surface area (Å²) < 4.78 is 0.738. The van der Waals surface area contributed by atoms with Crippen LogP contribution in [0.3, 0.4) is 0 Å². The Balaban J connectivity index is 3.25. The van der Waals surface area contributed by atoms with Crippen LogP contribution in [-0.2, 0) is 0 Å². The number of rotatable bonds is 0. The van der Waals surface area contributed by atoms with Gasteiger partial charge >= 0.3 is 0 Å². The quantitative estimate of drug-likeness (QED) is 0.397. The molecule has 0 amide bonds. The zero-order valence-electron chi connectivity index (χ0n) is 4.97. The van der Waals surface area contributed by atoms with E-state index in [0.717, 1.165) is 4.73 Å². The van der Waals surface area contributed by atoms with Gasteiger partial charge in [-0.25, -0.2) is 0 Å². The third kappa shape index (κ3) is 1.13. The van der Waals surface area contributed by atoms with Crippen LogP contribution in [0, 0.1) is 12.1 Å². The second-order valence-corrected chi connectivity index (χ2v) is 2.17. The lowest BCUT2D eigenvalue weighted by atomic mass is 10.4. The lowest BCUT2D eigenvalue weighted by Gasteiger charge is -1.98. The van der Waals surface area contributed by atoms with Crippen molar-refractivity contribution in [2.75, 3.05) is 0 Å². The van der Waals surface area contributed by atoms with Crippen LogP contribution >= 0.6 is 11.6 Å². The molecule has 0 spiro atoms. The molecule has 0 aromatic carbocycles. The van der Waals surface area contributed by atoms with E-state index in [0.29, 0.717) is 10.7 Å². The van der Waals surface area contributed by atoms with Gasteiger partial charge in [-0.05, 0) is 6.07 Å². The second-order valence-electron chi connectivity index (χ2n) is 1.77. The van der Waals surface area contributed by atoms with Gasteiger partial charge < -0.3 is 5.21 Å². The summed E-state index contributed by atoms with van der Waals surface area (Å²) in [4.78, 5) is 0. The molecular weight excluding hydrogens is 138 g/mol. The predicted octanol–water partition coefficient (Wildman–Crippen LogP) is 1.28. The van der Waals surface area contributed by atoms with Gasteiger partial charge in [-0.1, -0.05) is 11.6 Å². The maximum atomic E-state index is 10.7. The summed E-state index contributed by atoms with van der Waals surface area (Å²) in [5, 5.41) is 11.2. The molecule has 0 saturated carbocycles. The van der Waals surface area contributed by atoms with Gasteiger partial charge in [-0.15, -0.1) is 0 Å². The molecule has 48 valence electrons. The highest BCUT2D eigenvalue weighted by atomic mass is 35.5. The fourth-order valence-electron chi connectivity index (χ4n) is 0.543. The van der Waals surface area contributed by atoms with Gasteiger partial charge in [0.1, 0.15) is 5.02 Å². The van der Waals surface area contributed by atoms with Crippen molar-refractivity contribution in [2.45, 2.75) is 6.92 Å². The first-order valence-electron chi connectivity index (χ1n) is 2.56. The molecule has 9 heavy (non-hydrogen) atoms. The van der Waals surface area contributed by atoms with Crippen molar-refractivity contribution in [2.24, 2.45) is 0 Å². The maximum Gasteiger partial charge on any atom is 0.208 e. The molecule has 0 saturated heterocycles. The van der Waals surface area contributed by atoms with Crippen LogP contribution in [0.1, 0.15) is 5.69 Å². The molecule has 1 heterocycles. The molecule has 0 aliphatic carbocycles. The molecule has 0 unspecified atom stereocenters. The molecule has 0 fully saturated rings. The molecule has 0 aliphatic rings. The second kappa shape index (κ2) is 2.23. The van der Waals surface area contributed by atoms with Gasteiger partial charge in [0, 0.05) is 13.0 Å². The third-order valence-corrected chi connectivity index (χ3v) is 1.54. The van der Waals surface area contributed by atoms with Gasteiger partial charge in [0.2, 0.25) is 5.69 Å². The van der Waals surface area contributed by atoms with Crippen molar-refractivity contribution in [3.05, 3.63) is 34.3 Å². The van der Waals surface area contributed by atoms with E-state index in [9.17, 15) is 5.21 Å². The molecule has 1 aromatic rings. The minimum Gasteiger partial charge on any atom is -0.618 e. The Bertz CT molecular complexity index is 204. The minimum absolute atomic E-state index is 0.507. The van der Waals surface area contributed by atoms with Crippen molar-refractivity contribution in [3.8, 4) is 0 Å². The summed E-state index contributed by atoms with van der Waals surface area (Å²) in [6.45, 7) is 1.68. The number of halogens is 1. The van der Waals surface area contributed by atoms with Crippen molar-refractivity contribution in [1.82, 2.24) is 0 Å². The Hall–Kier alpha value is -0.760. The average molecular weight is 144 g/mol. The molecule has 3 heteroatoms. The minimum atomic E-state index is 0.507. The van der Waals surface area contributed by atoms with Crippen LogP contribution in [0.25, 0.3) is 0 Å². The predicted molar refractivity (Wildman–Crippen MR) is 35.1 cm³/mol. The largest absolute Gasteiger partial charge is 0.618 e. The highest BCUT2D eigenvalue weighted by molar-refractivity contribution is 6.31. The van der Waals surface area contributed by atoms with Crippen LogP contribution in [-0.4, -0.2) is 0 Å². The molecule has 0 radical (unpaired) electrons. The number of pyridine rings is 1. The monoisotopic (exact) mass is 143 g/mol. The molecule has 0 N–H and O–H groups in total. The number of hydrogen-bond acceptors (Lipinski definition) is 1. The Morgan fingerprint density at radius 1 is 1.67 bits per heavy atom. The van der Waals surface area contributed by atoms with Gasteiger partial charge in [0.15, 0.2) is 6.20 Å². The van der Waals surface area contributed by atoms with E-state index in [4.69, 9.17) is 11.6 Å². The Kier molecular flexibility index (Phi) is 1.58. The molecule has 0 bridgehead atoms. The first kappa shape index (κ1) is 6.36. The molecule has 1 aromatic heterocycles. The molecule has 0 atom stereocenters. The zero-order chi connectivity index (χ0) is 6.85. The van der Waals surface area contributed by atoms with Crippen molar-refractivity contribution < 1.29 is 4.73 Å². The summed E-state index contributed by atoms with van der Waals surface area (Å²) in [6, 6.07) is 3.30. The average Bonchev–Trinajstić information content (AvgIpc) is 1.83. The smallest absolute Gasteiger partial charge is 0.208 e. The summed E-state index contributed by atoms with van der Waals surface area (Å²) in [5.74, 6) is 0. The number of hydrogen-bond donors (Lipinski definition) is 0. The van der Waals surface area contributed by atoms with Crippen LogP contribution < -0.4 is 4.73 Å². The Labute approximate surface area is 58.3 Å². The van der Waals surface area contributed by atoms with Crippen LogP contribution in [0.2, 0.25) is 5.02 Å². The summed E-state index contributed by atoms with van der Waals surface area (Å²) in [6.07, 6.45) is 1.42. The van der Waals surface area contributed by atoms with E-state index in [-0.39, 0.29) is 0 Å². The highest BCUT2D eigenvalue weighted by Gasteiger charge is 2.00. The zero-order valence-corrected chi connectivity index (χ0v) is 5.72. The Morgan fingerprint density at radius 2 is 2.33 bits per heavy atom. The van der Waals surface area contributed by atoms with Crippen LogP contribution in [0.15, 0.2) is 18.3 Å². The van der Waals surface area contributed by atoms with Gasteiger partial charge in [0.05, 0.1) is 0 Å². The van der Waals surface area contributed by atoms with Gasteiger partial charge in [0.25, 0.3) is 0 Å². The van der Waals surface area contributed by atoms with Crippen LogP contribution in [0.5, 0.6) is 0 Å². The first-order valence-corrected chi connectivity index (χ1v) is 2.94. The maximum absolute atomic E-state index is 10.7. The SMILES string of the molecule is Cc1c(Cl)ccc[n+]1[O-]. The third-order valence-electron chi connectivity index (χ3n) is 1.14. The summed E-state index contributed by atoms with van der Waals surface area (Å²) in [5.41, 5.74) is 0.541. The number of nitrogens with zero attached hydrogens (tertiary/aromatic N) is 1. The highest BCUT2D eigenvalue weighted by Crippen LogP contribution is 2.07. The lowest BCUT2D eigenvalue weighted by molar-refractivity contribution is -0.612. The lowest BCUT2D eigenvalue weighted by Crippen LogP contribution is -2.28. The van der Waals surface area contributed by atoms with E-state index >= 15 is 0 Å². The summed E-state index contributed by atoms with van der Waals surface area (Å²) in [7, 11) is 0. The van der Waals surface area contributed by atoms with Crippen molar-refractivity contribution in [3.63, 3.8) is 0 Å². The molecule has 1 rings (SSSR count). The van der Waals surface area contributed by atoms with E-state index < -0.39 is 0 Å². The van der Waals surface area contributed by atoms with E-state index in [1.54, 1.807) is 19.1 Å². The fourth-order valence-corrected chi connectivity index (χ4v) is 0.699. The standard InChI is InChI=1S/C6H6ClNO/c1-5-6(7)3-2-4-8(5)9/h2-4H,1H3. The molecular formula is C6H6ClNO. The topological polar surface area (TPSA) is 26.9 Å². The van der Waals surface area contributed by atoms with Gasteiger partial charge in [-0.3, -0.25) is 0 Å². The molecule has 2 nitrogen and oxygen atoms in total. The molecule has 0 aliphatic heterocycles. The van der Waals surface area contributed by atoms with E-state index in [2.05, 4.69) is 0 Å². The van der Waals surface area contributed by atoms with E-state index in [1.807, 2.05) is 0 Å². The fraction of sp³-hybridized carbons (Fsp3) is 0.167. The van der Waals surface area contributed by atoms with Crippen LogP contribution in [0.4, 0.5) is 0 Å².